The fraction of sp³-hybridized carbons (Fsp3) is 0.409. The molecule has 2 N–H and O–H groups in total. The first kappa shape index (κ1) is 25.5. The van der Waals surface area contributed by atoms with Crippen LogP contribution in [0.2, 0.25) is 0 Å². The highest BCUT2D eigenvalue weighted by molar-refractivity contribution is 7.89. The second-order valence-corrected chi connectivity index (χ2v) is 9.83. The van der Waals surface area contributed by atoms with Crippen molar-refractivity contribution >= 4 is 15.9 Å². The highest BCUT2D eigenvalue weighted by Crippen LogP contribution is 2.29. The molecule has 0 saturated heterocycles. The van der Waals surface area contributed by atoms with E-state index in [1.54, 1.807) is 12.1 Å². The van der Waals surface area contributed by atoms with Crippen LogP contribution in [0.4, 0.5) is 8.78 Å². The Bertz CT molecular complexity index is 1020. The lowest BCUT2D eigenvalue weighted by Crippen LogP contribution is -2.30. The smallest absolute Gasteiger partial charge is 0.387 e. The molecule has 0 aliphatic carbocycles. The SMILES string of the molecule is COc1cc(CNC(=O)CCNS(=O)(=O)c2ccc(C(C)(C)C)cc2)ccc1OC(F)F. The van der Waals surface area contributed by atoms with Gasteiger partial charge in [0.15, 0.2) is 11.5 Å². The van der Waals surface area contributed by atoms with E-state index >= 15 is 0 Å². The standard InChI is InChI=1S/C22H28F2N2O5S/c1-22(2,3)16-6-8-17(9-7-16)32(28,29)26-12-11-20(27)25-14-15-5-10-18(31-21(23)24)19(13-15)30-4/h5-10,13,21,26H,11-12,14H2,1-4H3,(H,25,27). The Morgan fingerprint density at radius 2 is 1.72 bits per heavy atom. The summed E-state index contributed by atoms with van der Waals surface area (Å²) >= 11 is 0. The number of hydrogen-bond acceptors (Lipinski definition) is 5. The van der Waals surface area contributed by atoms with Crippen molar-refractivity contribution < 1.29 is 31.5 Å². The summed E-state index contributed by atoms with van der Waals surface area (Å²) in [6, 6.07) is 10.9. The number of amides is 1. The maximum atomic E-state index is 12.4. The summed E-state index contributed by atoms with van der Waals surface area (Å²) in [4.78, 5) is 12.2. The summed E-state index contributed by atoms with van der Waals surface area (Å²) in [6.07, 6.45) is -0.0665. The number of nitrogens with one attached hydrogen (secondary N) is 2. The zero-order valence-corrected chi connectivity index (χ0v) is 19.3. The fourth-order valence-electron chi connectivity index (χ4n) is 2.82. The monoisotopic (exact) mass is 470 g/mol. The Balaban J connectivity index is 1.85. The van der Waals surface area contributed by atoms with Gasteiger partial charge in [0.05, 0.1) is 12.0 Å². The molecule has 0 heterocycles. The molecule has 0 aliphatic heterocycles. The molecule has 0 bridgehead atoms. The Labute approximate surface area is 187 Å². The third-order valence-electron chi connectivity index (χ3n) is 4.61. The first-order valence-corrected chi connectivity index (χ1v) is 11.4. The van der Waals surface area contributed by atoms with Gasteiger partial charge in [-0.25, -0.2) is 13.1 Å². The van der Waals surface area contributed by atoms with Crippen LogP contribution in [0.25, 0.3) is 0 Å². The van der Waals surface area contributed by atoms with Gasteiger partial charge in [-0.3, -0.25) is 4.79 Å². The molecule has 0 unspecified atom stereocenters. The molecule has 0 aliphatic rings. The van der Waals surface area contributed by atoms with Gasteiger partial charge in [-0.05, 0) is 40.8 Å². The first-order valence-electron chi connectivity index (χ1n) is 9.91. The molecular weight excluding hydrogens is 442 g/mol. The van der Waals surface area contributed by atoms with E-state index in [9.17, 15) is 22.0 Å². The van der Waals surface area contributed by atoms with E-state index in [4.69, 9.17) is 4.74 Å². The first-order chi connectivity index (χ1) is 14.9. The van der Waals surface area contributed by atoms with Crippen molar-refractivity contribution in [3.05, 3.63) is 53.6 Å². The van der Waals surface area contributed by atoms with Gasteiger partial charge in [0, 0.05) is 19.5 Å². The van der Waals surface area contributed by atoms with Crippen LogP contribution in [-0.4, -0.2) is 34.6 Å². The largest absolute Gasteiger partial charge is 0.493 e. The van der Waals surface area contributed by atoms with Crippen LogP contribution in [0.15, 0.2) is 47.4 Å². The van der Waals surface area contributed by atoms with E-state index in [1.165, 1.54) is 37.4 Å². The van der Waals surface area contributed by atoms with Gasteiger partial charge in [-0.15, -0.1) is 0 Å². The zero-order chi connectivity index (χ0) is 23.9. The molecule has 0 fully saturated rings. The quantitative estimate of drug-likeness (QED) is 0.554. The number of benzene rings is 2. The molecule has 1 amide bonds. The second-order valence-electron chi connectivity index (χ2n) is 8.06. The van der Waals surface area contributed by atoms with Gasteiger partial charge in [0.2, 0.25) is 15.9 Å². The third-order valence-corrected chi connectivity index (χ3v) is 6.09. The van der Waals surface area contributed by atoms with Gasteiger partial charge in [0.25, 0.3) is 0 Å². The Morgan fingerprint density at radius 1 is 1.06 bits per heavy atom. The average molecular weight is 471 g/mol. The molecule has 10 heteroatoms. The molecule has 0 atom stereocenters. The molecule has 0 spiro atoms. The van der Waals surface area contributed by atoms with Crippen LogP contribution in [0, 0.1) is 0 Å². The van der Waals surface area contributed by atoms with Gasteiger partial charge in [0.1, 0.15) is 0 Å². The minimum absolute atomic E-state index is 0.0665. The van der Waals surface area contributed by atoms with E-state index in [0.717, 1.165) is 5.56 Å². The minimum atomic E-state index is -3.73. The van der Waals surface area contributed by atoms with Crippen molar-refractivity contribution in [2.24, 2.45) is 0 Å². The molecule has 2 aromatic carbocycles. The number of rotatable bonds is 10. The van der Waals surface area contributed by atoms with Gasteiger partial charge in [-0.1, -0.05) is 39.0 Å². The van der Waals surface area contributed by atoms with Crippen molar-refractivity contribution in [2.45, 2.75) is 50.7 Å². The van der Waals surface area contributed by atoms with Gasteiger partial charge in [-0.2, -0.15) is 8.78 Å². The van der Waals surface area contributed by atoms with Crippen LogP contribution < -0.4 is 19.5 Å². The molecule has 176 valence electrons. The average Bonchev–Trinajstić information content (AvgIpc) is 2.72. The molecule has 2 aromatic rings. The van der Waals surface area contributed by atoms with Crippen LogP contribution in [0.1, 0.15) is 38.3 Å². The number of ether oxygens (including phenoxy) is 2. The number of halogens is 2. The van der Waals surface area contributed by atoms with Crippen molar-refractivity contribution in [3.8, 4) is 11.5 Å². The third kappa shape index (κ3) is 7.45. The van der Waals surface area contributed by atoms with E-state index < -0.39 is 16.6 Å². The molecule has 7 nitrogen and oxygen atoms in total. The van der Waals surface area contributed by atoms with Crippen LogP contribution in [0.3, 0.4) is 0 Å². The maximum absolute atomic E-state index is 12.4. The lowest BCUT2D eigenvalue weighted by molar-refractivity contribution is -0.121. The zero-order valence-electron chi connectivity index (χ0n) is 18.4. The van der Waals surface area contributed by atoms with Crippen LogP contribution >= 0.6 is 0 Å². The number of carbonyl (C=O) groups is 1. The van der Waals surface area contributed by atoms with E-state index in [-0.39, 0.29) is 47.2 Å². The Morgan fingerprint density at radius 3 is 2.28 bits per heavy atom. The fourth-order valence-corrected chi connectivity index (χ4v) is 3.85. The number of sulfonamides is 1. The summed E-state index contributed by atoms with van der Waals surface area (Å²) in [5.41, 5.74) is 1.53. The predicted molar refractivity (Wildman–Crippen MR) is 116 cm³/mol. The summed E-state index contributed by atoms with van der Waals surface area (Å²) in [5, 5.41) is 2.64. The van der Waals surface area contributed by atoms with E-state index in [2.05, 4.69) is 14.8 Å². The van der Waals surface area contributed by atoms with Gasteiger partial charge < -0.3 is 14.8 Å². The second kappa shape index (κ2) is 10.7. The Kier molecular flexibility index (Phi) is 8.57. The minimum Gasteiger partial charge on any atom is -0.493 e. The molecule has 0 radical (unpaired) electrons. The number of hydrogen-bond donors (Lipinski definition) is 2. The summed E-state index contributed by atoms with van der Waals surface area (Å²) < 4.78 is 61.4. The van der Waals surface area contributed by atoms with Crippen molar-refractivity contribution in [1.82, 2.24) is 10.0 Å². The lowest BCUT2D eigenvalue weighted by Gasteiger charge is -2.19. The van der Waals surface area contributed by atoms with Crippen LogP contribution in [-0.2, 0) is 26.8 Å². The summed E-state index contributed by atoms with van der Waals surface area (Å²) in [7, 11) is -2.41. The number of carbonyl (C=O) groups excluding carboxylic acids is 1. The molecule has 0 aromatic heterocycles. The molecule has 32 heavy (non-hydrogen) atoms. The van der Waals surface area contributed by atoms with Crippen molar-refractivity contribution in [3.63, 3.8) is 0 Å². The highest BCUT2D eigenvalue weighted by atomic mass is 32.2. The Hall–Kier alpha value is -2.72. The molecular formula is C22H28F2N2O5S. The molecule has 0 saturated carbocycles. The van der Waals surface area contributed by atoms with E-state index in [0.29, 0.717) is 5.56 Å². The number of alkyl halides is 2. The summed E-state index contributed by atoms with van der Waals surface area (Å²) in [5.74, 6) is -0.368. The van der Waals surface area contributed by atoms with Crippen LogP contribution in [0.5, 0.6) is 11.5 Å². The summed E-state index contributed by atoms with van der Waals surface area (Å²) in [6.45, 7) is 3.18. The van der Waals surface area contributed by atoms with Crippen molar-refractivity contribution in [2.75, 3.05) is 13.7 Å². The van der Waals surface area contributed by atoms with Gasteiger partial charge >= 0.3 is 6.61 Å². The van der Waals surface area contributed by atoms with E-state index in [1.807, 2.05) is 20.8 Å². The number of methoxy groups -OCH3 is 1. The molecule has 2 rings (SSSR count). The topological polar surface area (TPSA) is 93.7 Å². The normalized spacial score (nSPS) is 12.0. The highest BCUT2D eigenvalue weighted by Gasteiger charge is 2.18. The maximum Gasteiger partial charge on any atom is 0.387 e. The van der Waals surface area contributed by atoms with Crippen molar-refractivity contribution in [1.29, 1.82) is 0 Å². The predicted octanol–water partition coefficient (Wildman–Crippen LogP) is 3.58. The lowest BCUT2D eigenvalue weighted by atomic mass is 9.87.